The highest BCUT2D eigenvalue weighted by atomic mass is 32.2. The molecule has 5 heteroatoms. The van der Waals surface area contributed by atoms with Gasteiger partial charge in [-0.1, -0.05) is 44.7 Å². The van der Waals surface area contributed by atoms with Crippen LogP contribution in [0.25, 0.3) is 10.9 Å². The summed E-state index contributed by atoms with van der Waals surface area (Å²) in [4.78, 5) is 29.6. The first-order chi connectivity index (χ1) is 10.9. The van der Waals surface area contributed by atoms with Gasteiger partial charge in [0.1, 0.15) is 5.78 Å². The van der Waals surface area contributed by atoms with Gasteiger partial charge in [-0.05, 0) is 30.9 Å². The van der Waals surface area contributed by atoms with Crippen LogP contribution in [0.4, 0.5) is 0 Å². The Kier molecular flexibility index (Phi) is 4.32. The highest BCUT2D eigenvalue weighted by Gasteiger charge is 2.26. The third-order valence-electron chi connectivity index (χ3n) is 4.13. The van der Waals surface area contributed by atoms with E-state index in [9.17, 15) is 9.59 Å². The Hall–Kier alpha value is -1.62. The summed E-state index contributed by atoms with van der Waals surface area (Å²) in [6, 6.07) is 7.42. The molecule has 0 saturated heterocycles. The molecule has 4 nitrogen and oxygen atoms in total. The molecule has 0 N–H and O–H groups in total. The van der Waals surface area contributed by atoms with Gasteiger partial charge in [0.2, 0.25) is 0 Å². The minimum Gasteiger partial charge on any atom is -0.298 e. The predicted octanol–water partition coefficient (Wildman–Crippen LogP) is 3.51. The lowest BCUT2D eigenvalue weighted by atomic mass is 9.92. The van der Waals surface area contributed by atoms with Crippen molar-refractivity contribution in [1.82, 2.24) is 9.55 Å². The Morgan fingerprint density at radius 2 is 2.00 bits per heavy atom. The number of ketones is 1. The van der Waals surface area contributed by atoms with Crippen LogP contribution < -0.4 is 5.56 Å². The van der Waals surface area contributed by atoms with E-state index >= 15 is 0 Å². The topological polar surface area (TPSA) is 52.0 Å². The summed E-state index contributed by atoms with van der Waals surface area (Å²) in [5.74, 6) is 1.09. The molecule has 1 aliphatic rings. The van der Waals surface area contributed by atoms with E-state index in [-0.39, 0.29) is 16.8 Å². The molecule has 0 spiro atoms. The van der Waals surface area contributed by atoms with Crippen molar-refractivity contribution in [2.24, 2.45) is 11.3 Å². The van der Waals surface area contributed by atoms with Gasteiger partial charge < -0.3 is 0 Å². The van der Waals surface area contributed by atoms with Gasteiger partial charge in [-0.2, -0.15) is 0 Å². The molecular formula is C18H22N2O2S. The fourth-order valence-electron chi connectivity index (χ4n) is 2.32. The first-order valence-electron chi connectivity index (χ1n) is 8.02. The molecule has 1 aliphatic carbocycles. The Morgan fingerprint density at radius 1 is 1.30 bits per heavy atom. The third-order valence-corrected chi connectivity index (χ3v) is 5.11. The van der Waals surface area contributed by atoms with E-state index in [1.54, 1.807) is 4.57 Å². The first-order valence-corrected chi connectivity index (χ1v) is 9.00. The summed E-state index contributed by atoms with van der Waals surface area (Å²) in [7, 11) is 0. The number of nitrogens with zero attached hydrogens (tertiary/aromatic N) is 2. The van der Waals surface area contributed by atoms with Crippen LogP contribution in [-0.2, 0) is 11.3 Å². The van der Waals surface area contributed by atoms with E-state index in [1.807, 2.05) is 45.0 Å². The number of rotatable bonds is 5. The number of fused-ring (bicyclic) bond motifs is 1. The zero-order valence-corrected chi connectivity index (χ0v) is 14.7. The molecule has 2 aromatic rings. The summed E-state index contributed by atoms with van der Waals surface area (Å²) in [5.41, 5.74) is 0.342. The number of aromatic nitrogens is 2. The molecule has 1 heterocycles. The first kappa shape index (κ1) is 16.2. The van der Waals surface area contributed by atoms with Crippen LogP contribution >= 0.6 is 11.8 Å². The molecular weight excluding hydrogens is 308 g/mol. The maximum Gasteiger partial charge on any atom is 0.262 e. The Labute approximate surface area is 140 Å². The number of carbonyl (C=O) groups is 1. The molecule has 1 aromatic carbocycles. The quantitative estimate of drug-likeness (QED) is 0.622. The monoisotopic (exact) mass is 330 g/mol. The molecule has 0 amide bonds. The van der Waals surface area contributed by atoms with Crippen molar-refractivity contribution in [3.05, 3.63) is 34.6 Å². The maximum atomic E-state index is 12.8. The summed E-state index contributed by atoms with van der Waals surface area (Å²) >= 11 is 1.38. The molecule has 0 radical (unpaired) electrons. The normalized spacial score (nSPS) is 15.1. The molecule has 1 aromatic heterocycles. The van der Waals surface area contributed by atoms with E-state index in [0.717, 1.165) is 0 Å². The highest BCUT2D eigenvalue weighted by Crippen LogP contribution is 2.32. The SMILES string of the molecule is CC(C)(C)C(=O)CSc1nc2ccccc2c(=O)n1CC1CC1. The van der Waals surface area contributed by atoms with Gasteiger partial charge in [0, 0.05) is 12.0 Å². The number of thioether (sulfide) groups is 1. The largest absolute Gasteiger partial charge is 0.298 e. The fourth-order valence-corrected chi connectivity index (χ4v) is 3.49. The van der Waals surface area contributed by atoms with Gasteiger partial charge in [0.15, 0.2) is 5.16 Å². The van der Waals surface area contributed by atoms with Crippen molar-refractivity contribution in [1.29, 1.82) is 0 Å². The van der Waals surface area contributed by atoms with E-state index in [2.05, 4.69) is 4.98 Å². The minimum atomic E-state index is -0.370. The standard InChI is InChI=1S/C18H22N2O2S/c1-18(2,3)15(21)11-23-17-19-14-7-5-4-6-13(14)16(22)20(17)10-12-8-9-12/h4-7,12H,8-11H2,1-3H3. The average Bonchev–Trinajstić information content (AvgIpc) is 3.31. The van der Waals surface area contributed by atoms with Gasteiger partial charge in [0.25, 0.3) is 5.56 Å². The summed E-state index contributed by atoms with van der Waals surface area (Å²) in [6.07, 6.45) is 2.34. The molecule has 1 saturated carbocycles. The Bertz CT molecular complexity index is 801. The number of Topliss-reactive ketones (excluding diaryl/α,β-unsaturated/α-hetero) is 1. The zero-order valence-electron chi connectivity index (χ0n) is 13.8. The summed E-state index contributed by atoms with van der Waals surface area (Å²) in [6.45, 7) is 6.46. The number of hydrogen-bond donors (Lipinski definition) is 0. The molecule has 0 unspecified atom stereocenters. The number of para-hydroxylation sites is 1. The molecule has 0 bridgehead atoms. The molecule has 23 heavy (non-hydrogen) atoms. The Morgan fingerprint density at radius 3 is 2.65 bits per heavy atom. The average molecular weight is 330 g/mol. The molecule has 122 valence electrons. The van der Waals surface area contributed by atoms with E-state index in [4.69, 9.17) is 0 Å². The van der Waals surface area contributed by atoms with Crippen LogP contribution in [0.5, 0.6) is 0 Å². The predicted molar refractivity (Wildman–Crippen MR) is 93.9 cm³/mol. The van der Waals surface area contributed by atoms with Crippen LogP contribution in [0.1, 0.15) is 33.6 Å². The smallest absolute Gasteiger partial charge is 0.262 e. The van der Waals surface area contributed by atoms with Crippen LogP contribution in [-0.4, -0.2) is 21.1 Å². The maximum absolute atomic E-state index is 12.8. The second-order valence-corrected chi connectivity index (χ2v) is 8.18. The van der Waals surface area contributed by atoms with Gasteiger partial charge in [-0.15, -0.1) is 0 Å². The van der Waals surface area contributed by atoms with Crippen LogP contribution in [0, 0.1) is 11.3 Å². The van der Waals surface area contributed by atoms with E-state index in [0.29, 0.717) is 34.3 Å². The van der Waals surface area contributed by atoms with E-state index < -0.39 is 0 Å². The molecule has 0 aliphatic heterocycles. The molecule has 1 fully saturated rings. The van der Waals surface area contributed by atoms with Crippen LogP contribution in [0.15, 0.2) is 34.2 Å². The summed E-state index contributed by atoms with van der Waals surface area (Å²) in [5, 5.41) is 1.32. The van der Waals surface area contributed by atoms with Gasteiger partial charge in [0.05, 0.1) is 16.7 Å². The van der Waals surface area contributed by atoms with Crippen molar-refractivity contribution < 1.29 is 4.79 Å². The van der Waals surface area contributed by atoms with E-state index in [1.165, 1.54) is 24.6 Å². The zero-order chi connectivity index (χ0) is 16.6. The van der Waals surface area contributed by atoms with Crippen LogP contribution in [0.3, 0.4) is 0 Å². The summed E-state index contributed by atoms with van der Waals surface area (Å²) < 4.78 is 1.76. The van der Waals surface area contributed by atoms with Gasteiger partial charge in [-0.25, -0.2) is 4.98 Å². The van der Waals surface area contributed by atoms with Crippen molar-refractivity contribution in [3.8, 4) is 0 Å². The number of hydrogen-bond acceptors (Lipinski definition) is 4. The number of benzene rings is 1. The van der Waals surface area contributed by atoms with Crippen LogP contribution in [0.2, 0.25) is 0 Å². The van der Waals surface area contributed by atoms with Crippen molar-refractivity contribution >= 4 is 28.4 Å². The second-order valence-electron chi connectivity index (χ2n) is 7.23. The molecule has 3 rings (SSSR count). The fraction of sp³-hybridized carbons (Fsp3) is 0.500. The lowest BCUT2D eigenvalue weighted by Gasteiger charge is -2.17. The third kappa shape index (κ3) is 3.66. The number of carbonyl (C=O) groups excluding carboxylic acids is 1. The van der Waals surface area contributed by atoms with Crippen molar-refractivity contribution in [2.45, 2.75) is 45.3 Å². The lowest BCUT2D eigenvalue weighted by molar-refractivity contribution is -0.123. The lowest BCUT2D eigenvalue weighted by Crippen LogP contribution is -2.26. The van der Waals surface area contributed by atoms with Gasteiger partial charge >= 0.3 is 0 Å². The minimum absolute atomic E-state index is 0.00760. The molecule has 0 atom stereocenters. The van der Waals surface area contributed by atoms with Gasteiger partial charge in [-0.3, -0.25) is 14.2 Å². The highest BCUT2D eigenvalue weighted by molar-refractivity contribution is 7.99. The second kappa shape index (κ2) is 6.11. The Balaban J connectivity index is 1.96. The van der Waals surface area contributed by atoms with Crippen molar-refractivity contribution in [3.63, 3.8) is 0 Å². The van der Waals surface area contributed by atoms with Crippen molar-refractivity contribution in [2.75, 3.05) is 5.75 Å².